The summed E-state index contributed by atoms with van der Waals surface area (Å²) in [6.45, 7) is -0.145. The summed E-state index contributed by atoms with van der Waals surface area (Å²) in [6, 6.07) is 18.0. The molecule has 2 aromatic heterocycles. The number of aromatic amines is 1. The van der Waals surface area contributed by atoms with Gasteiger partial charge in [-0.2, -0.15) is 5.26 Å². The molecule has 7 heteroatoms. The lowest BCUT2D eigenvalue weighted by atomic mass is 10.1. The summed E-state index contributed by atoms with van der Waals surface area (Å²) in [7, 11) is 0. The third-order valence-corrected chi connectivity index (χ3v) is 4.77. The van der Waals surface area contributed by atoms with Crippen molar-refractivity contribution < 1.29 is 13.9 Å². The molecule has 0 unspecified atom stereocenters. The second-order valence-corrected chi connectivity index (χ2v) is 6.86. The van der Waals surface area contributed by atoms with Crippen molar-refractivity contribution in [1.29, 1.82) is 5.26 Å². The van der Waals surface area contributed by atoms with Crippen LogP contribution >= 0.6 is 11.6 Å². The molecule has 0 radical (unpaired) electrons. The van der Waals surface area contributed by atoms with Crippen LogP contribution in [0.1, 0.15) is 21.9 Å². The molecule has 0 saturated heterocycles. The number of hydrogen-bond acceptors (Lipinski definition) is 5. The van der Waals surface area contributed by atoms with Gasteiger partial charge in [-0.3, -0.25) is 0 Å². The van der Waals surface area contributed by atoms with Gasteiger partial charge >= 0.3 is 5.97 Å². The zero-order chi connectivity index (χ0) is 21.8. The predicted molar refractivity (Wildman–Crippen MR) is 118 cm³/mol. The summed E-state index contributed by atoms with van der Waals surface area (Å²) < 4.78 is 10.8. The molecule has 4 aromatic rings. The van der Waals surface area contributed by atoms with Gasteiger partial charge in [0.15, 0.2) is 6.61 Å². The SMILES string of the molecule is C#CCOC(=O)c1cc(-c2ccc(/C=C(/C#N)c3nc4ccccc4[nH]3)o2)ccc1Cl. The Morgan fingerprint density at radius 3 is 2.87 bits per heavy atom. The number of benzene rings is 2. The van der Waals surface area contributed by atoms with E-state index in [1.807, 2.05) is 24.3 Å². The Morgan fingerprint density at radius 1 is 1.26 bits per heavy atom. The Labute approximate surface area is 182 Å². The summed E-state index contributed by atoms with van der Waals surface area (Å²) in [5, 5.41) is 9.83. The Balaban J connectivity index is 1.64. The third-order valence-electron chi connectivity index (χ3n) is 4.44. The Hall–Kier alpha value is -4.26. The molecule has 0 saturated carbocycles. The van der Waals surface area contributed by atoms with Gasteiger partial charge in [-0.15, -0.1) is 6.42 Å². The average molecular weight is 428 g/mol. The molecular formula is C24H14ClN3O3. The first-order valence-corrected chi connectivity index (χ1v) is 9.54. The van der Waals surface area contributed by atoms with Crippen LogP contribution in [0.25, 0.3) is 34.0 Å². The molecule has 0 aliphatic heterocycles. The Kier molecular flexibility index (Phi) is 5.57. The molecular weight excluding hydrogens is 414 g/mol. The van der Waals surface area contributed by atoms with Gasteiger partial charge in [-0.1, -0.05) is 29.7 Å². The van der Waals surface area contributed by atoms with E-state index in [1.165, 1.54) is 0 Å². The van der Waals surface area contributed by atoms with E-state index in [9.17, 15) is 10.1 Å². The molecule has 0 aliphatic rings. The number of ether oxygens (including phenoxy) is 1. The van der Waals surface area contributed by atoms with E-state index >= 15 is 0 Å². The number of esters is 1. The van der Waals surface area contributed by atoms with Crippen LogP contribution in [0.2, 0.25) is 5.02 Å². The van der Waals surface area contributed by atoms with Gasteiger partial charge in [0.1, 0.15) is 23.4 Å². The summed E-state index contributed by atoms with van der Waals surface area (Å²) in [5.74, 6) is 3.02. The molecule has 2 heterocycles. The van der Waals surface area contributed by atoms with E-state index in [-0.39, 0.29) is 17.2 Å². The fourth-order valence-electron chi connectivity index (χ4n) is 2.98. The predicted octanol–water partition coefficient (Wildman–Crippen LogP) is 5.33. The van der Waals surface area contributed by atoms with Gasteiger partial charge in [0.2, 0.25) is 0 Å². The van der Waals surface area contributed by atoms with E-state index in [4.69, 9.17) is 27.2 Å². The number of allylic oxidation sites excluding steroid dienone is 1. The summed E-state index contributed by atoms with van der Waals surface area (Å²) in [4.78, 5) is 19.7. The fourth-order valence-corrected chi connectivity index (χ4v) is 3.18. The highest BCUT2D eigenvalue weighted by molar-refractivity contribution is 6.33. The third kappa shape index (κ3) is 4.20. The number of nitrogens with zero attached hydrogens (tertiary/aromatic N) is 2. The molecule has 0 aliphatic carbocycles. The monoisotopic (exact) mass is 427 g/mol. The van der Waals surface area contributed by atoms with Crippen molar-refractivity contribution in [2.75, 3.05) is 6.61 Å². The molecule has 2 aromatic carbocycles. The highest BCUT2D eigenvalue weighted by Crippen LogP contribution is 2.29. The zero-order valence-corrected chi connectivity index (χ0v) is 16.8. The number of hydrogen-bond donors (Lipinski definition) is 1. The first-order valence-electron chi connectivity index (χ1n) is 9.16. The Morgan fingerprint density at radius 2 is 2.10 bits per heavy atom. The van der Waals surface area contributed by atoms with Crippen LogP contribution < -0.4 is 0 Å². The van der Waals surface area contributed by atoms with Gasteiger partial charge in [0, 0.05) is 11.6 Å². The topological polar surface area (TPSA) is 91.9 Å². The normalized spacial score (nSPS) is 11.1. The van der Waals surface area contributed by atoms with Crippen LogP contribution in [-0.4, -0.2) is 22.5 Å². The molecule has 4 rings (SSSR count). The van der Waals surface area contributed by atoms with E-state index in [2.05, 4.69) is 22.0 Å². The van der Waals surface area contributed by atoms with Gasteiger partial charge < -0.3 is 14.1 Å². The van der Waals surface area contributed by atoms with Crippen molar-refractivity contribution in [1.82, 2.24) is 9.97 Å². The Bertz CT molecular complexity index is 1370. The minimum absolute atomic E-state index is 0.145. The van der Waals surface area contributed by atoms with Gasteiger partial charge in [0.05, 0.1) is 27.2 Å². The van der Waals surface area contributed by atoms with Crippen LogP contribution in [-0.2, 0) is 4.74 Å². The van der Waals surface area contributed by atoms with Crippen molar-refractivity contribution in [3.8, 4) is 29.7 Å². The quantitative estimate of drug-likeness (QED) is 0.264. The smallest absolute Gasteiger partial charge is 0.340 e. The maximum absolute atomic E-state index is 12.1. The lowest BCUT2D eigenvalue weighted by Gasteiger charge is -2.05. The van der Waals surface area contributed by atoms with Crippen LogP contribution in [0.3, 0.4) is 0 Å². The van der Waals surface area contributed by atoms with Gasteiger partial charge in [-0.25, -0.2) is 9.78 Å². The van der Waals surface area contributed by atoms with Crippen molar-refractivity contribution in [2.24, 2.45) is 0 Å². The second-order valence-electron chi connectivity index (χ2n) is 6.45. The molecule has 0 spiro atoms. The highest BCUT2D eigenvalue weighted by atomic mass is 35.5. The number of furan rings is 1. The minimum atomic E-state index is -0.617. The number of nitriles is 1. The highest BCUT2D eigenvalue weighted by Gasteiger charge is 2.15. The second kappa shape index (κ2) is 8.62. The van der Waals surface area contributed by atoms with E-state index in [0.29, 0.717) is 28.5 Å². The number of carbonyl (C=O) groups is 1. The molecule has 6 nitrogen and oxygen atoms in total. The number of H-pyrrole nitrogens is 1. The van der Waals surface area contributed by atoms with E-state index in [0.717, 1.165) is 11.0 Å². The molecule has 0 atom stereocenters. The van der Waals surface area contributed by atoms with Crippen LogP contribution in [0.15, 0.2) is 59.0 Å². The van der Waals surface area contributed by atoms with E-state index < -0.39 is 5.97 Å². The maximum Gasteiger partial charge on any atom is 0.340 e. The fraction of sp³-hybridized carbons (Fsp3) is 0.0417. The standard InChI is InChI=1S/C24H14ClN3O3/c1-2-11-30-24(29)18-13-15(7-9-19(18)25)22-10-8-17(31-22)12-16(14-26)23-27-20-5-3-4-6-21(20)28-23/h1,3-10,12-13H,11H2,(H,27,28)/b16-12-. The zero-order valence-electron chi connectivity index (χ0n) is 16.1. The lowest BCUT2D eigenvalue weighted by molar-refractivity contribution is 0.0557. The largest absolute Gasteiger partial charge is 0.457 e. The first-order chi connectivity index (χ1) is 15.1. The molecule has 1 N–H and O–H groups in total. The van der Waals surface area contributed by atoms with Crippen molar-refractivity contribution >= 4 is 40.3 Å². The van der Waals surface area contributed by atoms with Crippen molar-refractivity contribution in [2.45, 2.75) is 0 Å². The molecule has 150 valence electrons. The van der Waals surface area contributed by atoms with Crippen LogP contribution in [0.4, 0.5) is 0 Å². The molecule has 0 fully saturated rings. The van der Waals surface area contributed by atoms with Crippen molar-refractivity contribution in [3.05, 3.63) is 76.8 Å². The lowest BCUT2D eigenvalue weighted by Crippen LogP contribution is -2.06. The summed E-state index contributed by atoms with van der Waals surface area (Å²) in [6.07, 6.45) is 6.72. The van der Waals surface area contributed by atoms with Gasteiger partial charge in [-0.05, 0) is 42.5 Å². The number of imidazole rings is 1. The van der Waals surface area contributed by atoms with E-state index in [1.54, 1.807) is 36.4 Å². The number of fused-ring (bicyclic) bond motifs is 1. The summed E-state index contributed by atoms with van der Waals surface area (Å²) >= 11 is 6.11. The number of terminal acetylenes is 1. The maximum atomic E-state index is 12.1. The number of nitrogens with one attached hydrogen (secondary N) is 1. The number of para-hydroxylation sites is 2. The molecule has 31 heavy (non-hydrogen) atoms. The minimum Gasteiger partial charge on any atom is -0.457 e. The van der Waals surface area contributed by atoms with Gasteiger partial charge in [0.25, 0.3) is 0 Å². The average Bonchev–Trinajstić information content (AvgIpc) is 3.43. The number of carbonyl (C=O) groups excluding carboxylic acids is 1. The first kappa shape index (κ1) is 20.0. The number of rotatable bonds is 5. The molecule has 0 amide bonds. The number of halogens is 1. The molecule has 0 bridgehead atoms. The number of aromatic nitrogens is 2. The van der Waals surface area contributed by atoms with Crippen LogP contribution in [0.5, 0.6) is 0 Å². The summed E-state index contributed by atoms with van der Waals surface area (Å²) in [5.41, 5.74) is 2.74. The van der Waals surface area contributed by atoms with Crippen LogP contribution in [0, 0.1) is 23.7 Å². The van der Waals surface area contributed by atoms with Crippen molar-refractivity contribution in [3.63, 3.8) is 0 Å².